The van der Waals surface area contributed by atoms with Gasteiger partial charge in [0, 0.05) is 66.9 Å². The van der Waals surface area contributed by atoms with Gasteiger partial charge in [-0.3, -0.25) is 0 Å². The van der Waals surface area contributed by atoms with Gasteiger partial charge in [-0.15, -0.1) is 22.7 Å². The zero-order valence-electron chi connectivity index (χ0n) is 58.5. The lowest BCUT2D eigenvalue weighted by atomic mass is 9.96. The van der Waals surface area contributed by atoms with Crippen molar-refractivity contribution in [3.8, 4) is 76.8 Å². The molecular weight excluding hydrogens is 1370 g/mol. The number of nitrogens with zero attached hydrogens (tertiary/aromatic N) is 4. The van der Waals surface area contributed by atoms with Gasteiger partial charge in [-0.25, -0.2) is 9.97 Å². The van der Waals surface area contributed by atoms with Crippen molar-refractivity contribution in [3.63, 3.8) is 0 Å². The molecule has 510 valence electrons. The molecule has 0 radical (unpaired) electrons. The molecule has 0 aliphatic carbocycles. The van der Waals surface area contributed by atoms with Gasteiger partial charge in [0.15, 0.2) is 5.58 Å². The fourth-order valence-electron chi connectivity index (χ4n) is 16.1. The second-order valence-corrected chi connectivity index (χ2v) is 30.0. The molecule has 0 bridgehead atoms. The van der Waals surface area contributed by atoms with E-state index in [-0.39, 0.29) is 0 Å². The summed E-state index contributed by atoms with van der Waals surface area (Å²) < 4.78 is 22.5. The third kappa shape index (κ3) is 10.8. The van der Waals surface area contributed by atoms with E-state index in [4.69, 9.17) is 23.2 Å². The molecule has 22 aromatic rings. The maximum atomic E-state index is 7.05. The lowest BCUT2D eigenvalue weighted by Gasteiger charge is -2.26. The van der Waals surface area contributed by atoms with Crippen molar-refractivity contribution < 1.29 is 13.3 Å². The number of rotatable bonds is 13. The summed E-state index contributed by atoms with van der Waals surface area (Å²) in [4.78, 5) is 15.3. The van der Waals surface area contributed by atoms with E-state index in [1.165, 1.54) is 38.2 Å². The highest BCUT2D eigenvalue weighted by Gasteiger charge is 2.25. The van der Waals surface area contributed by atoms with Crippen molar-refractivity contribution in [1.29, 1.82) is 0 Å². The molecule has 9 heteroatoms. The minimum absolute atomic E-state index is 0.789. The molecule has 0 unspecified atom stereocenters. The van der Waals surface area contributed by atoms with Crippen molar-refractivity contribution in [3.05, 3.63) is 364 Å². The number of hydrogen-bond donors (Lipinski definition) is 0. The fourth-order valence-corrected chi connectivity index (χ4v) is 18.2. The maximum absolute atomic E-state index is 7.05. The minimum Gasteiger partial charge on any atom is -0.456 e. The van der Waals surface area contributed by atoms with Crippen LogP contribution in [0.5, 0.6) is 0 Å². The first kappa shape index (κ1) is 62.4. The molecule has 0 atom stereocenters. The zero-order valence-corrected chi connectivity index (χ0v) is 60.1. The highest BCUT2D eigenvalue weighted by molar-refractivity contribution is 7.23. The predicted molar refractivity (Wildman–Crippen MR) is 457 cm³/mol. The van der Waals surface area contributed by atoms with E-state index in [0.29, 0.717) is 0 Å². The van der Waals surface area contributed by atoms with Crippen molar-refractivity contribution >= 4 is 165 Å². The number of anilines is 6. The summed E-state index contributed by atoms with van der Waals surface area (Å²) in [5.41, 5.74) is 26.2. The van der Waals surface area contributed by atoms with E-state index < -0.39 is 0 Å². The van der Waals surface area contributed by atoms with Crippen LogP contribution in [0.15, 0.2) is 377 Å². The molecule has 0 spiro atoms. The highest BCUT2D eigenvalue weighted by Crippen LogP contribution is 2.49. The maximum Gasteiger partial charge on any atom is 0.159 e. The van der Waals surface area contributed by atoms with Gasteiger partial charge in [-0.05, 0) is 205 Å². The van der Waals surface area contributed by atoms with Crippen LogP contribution in [0.2, 0.25) is 0 Å². The summed E-state index contributed by atoms with van der Waals surface area (Å²) >= 11 is 3.43. The molecule has 0 saturated carbocycles. The van der Waals surface area contributed by atoms with Gasteiger partial charge >= 0.3 is 0 Å². The number of thiazole rings is 2. The molecular formula is C100H60N4O3S2. The summed E-state index contributed by atoms with van der Waals surface area (Å²) in [5.74, 6) is 0. The van der Waals surface area contributed by atoms with Crippen LogP contribution < -0.4 is 9.80 Å². The number of para-hydroxylation sites is 2. The van der Waals surface area contributed by atoms with Crippen LogP contribution >= 0.6 is 22.7 Å². The van der Waals surface area contributed by atoms with Crippen LogP contribution in [0, 0.1) is 0 Å². The lowest BCUT2D eigenvalue weighted by molar-refractivity contribution is 0.667. The molecule has 0 N–H and O–H groups in total. The van der Waals surface area contributed by atoms with Crippen LogP contribution in [-0.4, -0.2) is 9.97 Å². The van der Waals surface area contributed by atoms with Gasteiger partial charge in [0.25, 0.3) is 0 Å². The molecule has 109 heavy (non-hydrogen) atoms. The Morgan fingerprint density at radius 3 is 1.47 bits per heavy atom. The molecule has 0 saturated heterocycles. The number of fused-ring (bicyclic) bond motifs is 15. The molecule has 0 amide bonds. The molecule has 7 nitrogen and oxygen atoms in total. The molecule has 0 fully saturated rings. The Hall–Kier alpha value is -14.0. The van der Waals surface area contributed by atoms with Crippen LogP contribution in [-0.2, 0) is 0 Å². The lowest BCUT2D eigenvalue weighted by Crippen LogP contribution is -2.10. The monoisotopic (exact) mass is 1430 g/mol. The third-order valence-corrected chi connectivity index (χ3v) is 23.7. The Balaban J connectivity index is 0.604. The summed E-state index contributed by atoms with van der Waals surface area (Å²) in [6, 6.07) is 130. The summed E-state index contributed by atoms with van der Waals surface area (Å²) in [5, 5.41) is 13.0. The van der Waals surface area contributed by atoms with E-state index in [1.54, 1.807) is 22.7 Å². The fraction of sp³-hybridized carbons (Fsp3) is 0. The molecule has 0 aliphatic heterocycles. The normalized spacial score (nSPS) is 11.9. The first-order valence-corrected chi connectivity index (χ1v) is 38.2. The van der Waals surface area contributed by atoms with Crippen molar-refractivity contribution in [2.24, 2.45) is 0 Å². The van der Waals surface area contributed by atoms with Gasteiger partial charge in [0.05, 0.1) is 37.2 Å². The second kappa shape index (κ2) is 25.4. The van der Waals surface area contributed by atoms with Crippen LogP contribution in [0.3, 0.4) is 0 Å². The SMILES string of the molecule is c1ccc(-c2ccc(-c3nc4c(ccc5oc6ccc(N(c7ccc(-c8ccc9ccccc9c8)cc7)c7cccc(-c8cccc(-c9cccc(-c%10ccc(N(c%11ccc%12c(c%11)oc%11ccccc%11%12)c%11cccc%12c%11oc%11ccc%13nc(-c%14ccc%15ccccc%15c%14)sc%13c%11%12)cc%10)c9)c8)c7)cc6c54)s3)cc2)cc1. The Morgan fingerprint density at radius 2 is 0.716 bits per heavy atom. The van der Waals surface area contributed by atoms with E-state index in [9.17, 15) is 0 Å². The smallest absolute Gasteiger partial charge is 0.159 e. The van der Waals surface area contributed by atoms with Crippen molar-refractivity contribution in [2.45, 2.75) is 0 Å². The summed E-state index contributed by atoms with van der Waals surface area (Å²) in [6.07, 6.45) is 0. The van der Waals surface area contributed by atoms with Crippen molar-refractivity contribution in [2.75, 3.05) is 9.80 Å². The molecule has 17 aromatic carbocycles. The van der Waals surface area contributed by atoms with Crippen LogP contribution in [0.1, 0.15) is 0 Å². The summed E-state index contributed by atoms with van der Waals surface area (Å²) in [7, 11) is 0. The highest BCUT2D eigenvalue weighted by atomic mass is 32.1. The molecule has 0 aliphatic rings. The largest absolute Gasteiger partial charge is 0.456 e. The number of benzene rings is 17. The predicted octanol–water partition coefficient (Wildman–Crippen LogP) is 29.5. The first-order chi connectivity index (χ1) is 53.9. The standard InChI is InChI=1S/C100H60N4O3S2/c1-2-14-61(15-3-1)64-30-34-67(35-31-64)99-102-96-93(108-99)53-52-90-94(96)85-59-80(47-50-89(85)105-90)103(77-42-38-66(39-43-77)75-36-32-62-16-4-6-18-68(62)55-75)79-25-12-24-74(58-79)73-23-11-22-72(56-73)71-21-10-20-70(54-71)65-40-44-78(45-41-65)104(81-46-48-83-82-26-8-9-29-88(82)106-92(83)60-81)87-28-13-27-84-95-91(107-97(84)87)51-49-86-98(95)109-100(101-86)76-37-33-63-17-5-7-19-69(63)57-76/h1-60H. The van der Waals surface area contributed by atoms with Crippen LogP contribution in [0.4, 0.5) is 34.1 Å². The van der Waals surface area contributed by atoms with Gasteiger partial charge in [0.1, 0.15) is 37.9 Å². The number of furan rings is 3. The average Bonchev–Trinajstić information content (AvgIpc) is 1.60. The molecule has 5 heterocycles. The Labute approximate surface area is 633 Å². The van der Waals surface area contributed by atoms with E-state index in [2.05, 4.69) is 362 Å². The Kier molecular flexibility index (Phi) is 14.5. The Bertz CT molecular complexity index is 7370. The van der Waals surface area contributed by atoms with Gasteiger partial charge in [-0.1, -0.05) is 231 Å². The van der Waals surface area contributed by atoms with E-state index in [1.807, 2.05) is 12.1 Å². The first-order valence-electron chi connectivity index (χ1n) is 36.6. The third-order valence-electron chi connectivity index (χ3n) is 21.5. The second-order valence-electron chi connectivity index (χ2n) is 28.0. The van der Waals surface area contributed by atoms with Gasteiger partial charge in [-0.2, -0.15) is 0 Å². The quantitative estimate of drug-likeness (QED) is 0.114. The van der Waals surface area contributed by atoms with E-state index in [0.717, 1.165) is 180 Å². The molecule has 22 rings (SSSR count). The minimum atomic E-state index is 0.789. The Morgan fingerprint density at radius 1 is 0.239 bits per heavy atom. The van der Waals surface area contributed by atoms with Gasteiger partial charge < -0.3 is 23.1 Å². The number of hydrogen-bond acceptors (Lipinski definition) is 9. The number of aromatic nitrogens is 2. The van der Waals surface area contributed by atoms with Crippen molar-refractivity contribution in [1.82, 2.24) is 9.97 Å². The topological polar surface area (TPSA) is 71.7 Å². The van der Waals surface area contributed by atoms with Gasteiger partial charge in [0.2, 0.25) is 0 Å². The van der Waals surface area contributed by atoms with E-state index >= 15 is 0 Å². The van der Waals surface area contributed by atoms with Crippen LogP contribution in [0.25, 0.3) is 185 Å². The summed E-state index contributed by atoms with van der Waals surface area (Å²) in [6.45, 7) is 0. The zero-order chi connectivity index (χ0) is 71.6. The average molecular weight is 1430 g/mol. The molecule has 5 aromatic heterocycles.